The third-order valence-corrected chi connectivity index (χ3v) is 11.9. The second-order valence-electron chi connectivity index (χ2n) is 17.5. The first kappa shape index (κ1) is 44.2. The van der Waals surface area contributed by atoms with E-state index < -0.39 is 35.2 Å². The lowest BCUT2D eigenvalue weighted by Crippen LogP contribution is -2.54. The van der Waals surface area contributed by atoms with Gasteiger partial charge < -0.3 is 20.3 Å². The average molecular weight is 866 g/mol. The van der Waals surface area contributed by atoms with E-state index in [1.807, 2.05) is 121 Å². The molecule has 0 spiro atoms. The van der Waals surface area contributed by atoms with Crippen molar-refractivity contribution in [2.24, 2.45) is 0 Å². The van der Waals surface area contributed by atoms with Crippen LogP contribution in [0.4, 0.5) is 10.5 Å². The Balaban J connectivity index is 1.10. The number of alkyl carbamates (subject to hydrolysis) is 1. The fraction of sp³-hybridized carbons (Fsp3) is 0.259. The number of anilines is 1. The van der Waals surface area contributed by atoms with Crippen LogP contribution in [0.5, 0.6) is 0 Å². The van der Waals surface area contributed by atoms with E-state index in [-0.39, 0.29) is 12.5 Å². The van der Waals surface area contributed by atoms with Gasteiger partial charge in [-0.25, -0.2) is 9.48 Å². The maximum absolute atomic E-state index is 14.6. The van der Waals surface area contributed by atoms with Gasteiger partial charge in [0.25, 0.3) is 0 Å². The molecule has 2 atom stereocenters. The molecule has 330 valence electrons. The van der Waals surface area contributed by atoms with Gasteiger partial charge in [0.2, 0.25) is 11.8 Å². The molecular weight excluding hydrogens is 811 g/mol. The van der Waals surface area contributed by atoms with Crippen LogP contribution in [0.3, 0.4) is 0 Å². The van der Waals surface area contributed by atoms with Crippen molar-refractivity contribution in [2.45, 2.75) is 89.6 Å². The zero-order valence-corrected chi connectivity index (χ0v) is 37.4. The van der Waals surface area contributed by atoms with Gasteiger partial charge in [-0.15, -0.1) is 5.10 Å². The maximum Gasteiger partial charge on any atom is 0.408 e. The summed E-state index contributed by atoms with van der Waals surface area (Å²) in [6.07, 6.45) is 2.32. The number of ether oxygens (including phenoxy) is 1. The predicted molar refractivity (Wildman–Crippen MR) is 254 cm³/mol. The lowest BCUT2D eigenvalue weighted by atomic mass is 9.77. The van der Waals surface area contributed by atoms with E-state index in [9.17, 15) is 14.4 Å². The van der Waals surface area contributed by atoms with Gasteiger partial charge in [0, 0.05) is 11.3 Å². The Morgan fingerprint density at radius 1 is 0.738 bits per heavy atom. The second-order valence-corrected chi connectivity index (χ2v) is 17.5. The Bertz CT molecular complexity index is 2620. The minimum Gasteiger partial charge on any atom is -0.444 e. The molecule has 0 saturated carbocycles. The van der Waals surface area contributed by atoms with Crippen molar-refractivity contribution in [3.63, 3.8) is 0 Å². The van der Waals surface area contributed by atoms with E-state index >= 15 is 0 Å². The lowest BCUT2D eigenvalue weighted by Gasteiger charge is -2.36. The Kier molecular flexibility index (Phi) is 13.3. The molecule has 8 rings (SSSR count). The summed E-state index contributed by atoms with van der Waals surface area (Å²) >= 11 is 0. The Labute approximate surface area is 380 Å². The SMILES string of the molecule is CCCCC(NC(=O)OC(C)(C)C)C(=O)NC1CCc2ccccc2N(Cc2ccc(-c3ccccc3-c3nnnn3C(c3ccccc3)(c3ccccc3)c3ccccc3)cc2)C1=O. The molecule has 0 saturated heterocycles. The number of para-hydroxylation sites is 1. The number of benzene rings is 6. The van der Waals surface area contributed by atoms with Crippen molar-refractivity contribution in [3.05, 3.63) is 192 Å². The first-order valence-corrected chi connectivity index (χ1v) is 22.4. The first-order valence-electron chi connectivity index (χ1n) is 22.4. The van der Waals surface area contributed by atoms with Crippen LogP contribution < -0.4 is 15.5 Å². The zero-order chi connectivity index (χ0) is 45.4. The van der Waals surface area contributed by atoms with Crippen LogP contribution >= 0.6 is 0 Å². The zero-order valence-electron chi connectivity index (χ0n) is 37.4. The molecule has 1 aliphatic rings. The summed E-state index contributed by atoms with van der Waals surface area (Å²) in [4.78, 5) is 42.9. The highest BCUT2D eigenvalue weighted by molar-refractivity contribution is 6.01. The number of aromatic nitrogens is 4. The molecule has 65 heavy (non-hydrogen) atoms. The monoisotopic (exact) mass is 865 g/mol. The number of aryl methyl sites for hydroxylation is 1. The van der Waals surface area contributed by atoms with Gasteiger partial charge in [0.05, 0.1) is 6.54 Å². The first-order chi connectivity index (χ1) is 31.6. The van der Waals surface area contributed by atoms with Crippen LogP contribution in [-0.4, -0.2) is 55.8 Å². The van der Waals surface area contributed by atoms with E-state index in [0.717, 1.165) is 63.0 Å². The summed E-state index contributed by atoms with van der Waals surface area (Å²) < 4.78 is 7.41. The summed E-state index contributed by atoms with van der Waals surface area (Å²) in [7, 11) is 0. The fourth-order valence-corrected chi connectivity index (χ4v) is 8.80. The predicted octanol–water partition coefficient (Wildman–Crippen LogP) is 9.89. The fourth-order valence-electron chi connectivity index (χ4n) is 8.80. The van der Waals surface area contributed by atoms with Crippen LogP contribution in [-0.2, 0) is 32.8 Å². The highest BCUT2D eigenvalue weighted by atomic mass is 16.6. The molecule has 0 fully saturated rings. The molecule has 2 heterocycles. The van der Waals surface area contributed by atoms with Gasteiger partial charge in [0.1, 0.15) is 23.2 Å². The summed E-state index contributed by atoms with van der Waals surface area (Å²) in [6.45, 7) is 7.64. The number of nitrogens with one attached hydrogen (secondary N) is 2. The van der Waals surface area contributed by atoms with E-state index in [4.69, 9.17) is 15.0 Å². The van der Waals surface area contributed by atoms with E-state index in [1.54, 1.807) is 25.7 Å². The van der Waals surface area contributed by atoms with Gasteiger partial charge in [-0.3, -0.25) is 9.59 Å². The van der Waals surface area contributed by atoms with E-state index in [1.165, 1.54) is 0 Å². The van der Waals surface area contributed by atoms with Gasteiger partial charge in [-0.05, 0) is 95.5 Å². The molecule has 7 aromatic rings. The second kappa shape index (κ2) is 19.6. The Morgan fingerprint density at radius 3 is 1.91 bits per heavy atom. The number of carbonyl (C=O) groups excluding carboxylic acids is 3. The van der Waals surface area contributed by atoms with Crippen molar-refractivity contribution in [2.75, 3.05) is 4.90 Å². The third kappa shape index (κ3) is 9.60. The molecule has 0 radical (unpaired) electrons. The van der Waals surface area contributed by atoms with Crippen molar-refractivity contribution in [1.82, 2.24) is 30.8 Å². The average Bonchev–Trinajstić information content (AvgIpc) is 3.77. The molecule has 1 aromatic heterocycles. The Hall–Kier alpha value is -7.40. The van der Waals surface area contributed by atoms with Gasteiger partial charge in [-0.1, -0.05) is 177 Å². The molecule has 11 heteroatoms. The number of fused-ring (bicyclic) bond motifs is 1. The summed E-state index contributed by atoms with van der Waals surface area (Å²) in [5.41, 5.74) is 6.87. The quantitative estimate of drug-likeness (QED) is 0.104. The number of tetrazole rings is 1. The summed E-state index contributed by atoms with van der Waals surface area (Å²) in [5, 5.41) is 19.6. The molecule has 0 aliphatic carbocycles. The van der Waals surface area contributed by atoms with Crippen LogP contribution in [0.1, 0.15) is 81.2 Å². The normalized spacial score (nSPS) is 14.5. The maximum atomic E-state index is 14.6. The summed E-state index contributed by atoms with van der Waals surface area (Å²) in [5.74, 6) is -0.0229. The lowest BCUT2D eigenvalue weighted by molar-refractivity contribution is -0.129. The van der Waals surface area contributed by atoms with Gasteiger partial charge in [0.15, 0.2) is 5.82 Å². The van der Waals surface area contributed by atoms with Gasteiger partial charge in [-0.2, -0.15) is 0 Å². The highest BCUT2D eigenvalue weighted by Gasteiger charge is 2.42. The number of unbranched alkanes of at least 4 members (excludes halogenated alkanes) is 1. The molecule has 1 aliphatic heterocycles. The largest absolute Gasteiger partial charge is 0.444 e. The smallest absolute Gasteiger partial charge is 0.408 e. The van der Waals surface area contributed by atoms with Crippen molar-refractivity contribution >= 4 is 23.6 Å². The molecular formula is C54H55N7O4. The number of rotatable bonds is 14. The van der Waals surface area contributed by atoms with E-state index in [0.29, 0.717) is 25.1 Å². The molecule has 2 N–H and O–H groups in total. The third-order valence-electron chi connectivity index (χ3n) is 11.9. The number of nitrogens with zero attached hydrogens (tertiary/aromatic N) is 5. The standard InChI is InChI=1S/C54H55N7O4/c1-5-6-29-46(56-52(64)65-53(2,3)4)50(62)55-47-36-35-40-20-16-19-30-48(40)60(51(47)63)37-38-31-33-39(34-32-38)44-27-17-18-28-45(44)49-57-58-59-61(49)54(41-21-10-7-11-22-41,42-23-12-8-13-24-42)43-25-14-9-15-26-43/h7-28,30-34,46-47H,5-6,29,35-37H2,1-4H3,(H,55,62)(H,56,64). The minimum atomic E-state index is -0.919. The molecule has 11 nitrogen and oxygen atoms in total. The van der Waals surface area contributed by atoms with Crippen LogP contribution in [0.15, 0.2) is 164 Å². The van der Waals surface area contributed by atoms with Crippen molar-refractivity contribution in [1.29, 1.82) is 0 Å². The van der Waals surface area contributed by atoms with E-state index in [2.05, 4.69) is 70.4 Å². The highest BCUT2D eigenvalue weighted by Crippen LogP contribution is 2.43. The minimum absolute atomic E-state index is 0.213. The molecule has 6 aromatic carbocycles. The van der Waals surface area contributed by atoms with Crippen LogP contribution in [0.25, 0.3) is 22.5 Å². The molecule has 3 amide bonds. The molecule has 0 bridgehead atoms. The number of amides is 3. The number of carbonyl (C=O) groups is 3. The van der Waals surface area contributed by atoms with Crippen LogP contribution in [0, 0.1) is 0 Å². The number of hydrogen-bond acceptors (Lipinski definition) is 7. The van der Waals surface area contributed by atoms with Crippen LogP contribution in [0.2, 0.25) is 0 Å². The topological polar surface area (TPSA) is 131 Å². The number of hydrogen-bond donors (Lipinski definition) is 2. The molecule has 2 unspecified atom stereocenters. The van der Waals surface area contributed by atoms with Crippen molar-refractivity contribution in [3.8, 4) is 22.5 Å². The Morgan fingerprint density at radius 2 is 1.31 bits per heavy atom. The van der Waals surface area contributed by atoms with Crippen molar-refractivity contribution < 1.29 is 19.1 Å². The summed E-state index contributed by atoms with van der Waals surface area (Å²) in [6, 6.07) is 53.6. The van der Waals surface area contributed by atoms with Gasteiger partial charge >= 0.3 is 6.09 Å².